The van der Waals surface area contributed by atoms with E-state index in [1.54, 1.807) is 6.92 Å². The normalized spacial score (nSPS) is 12.2. The Morgan fingerprint density at radius 2 is 2.00 bits per heavy atom. The first-order valence-corrected chi connectivity index (χ1v) is 7.57. The molecule has 0 fully saturated rings. The van der Waals surface area contributed by atoms with Gasteiger partial charge >= 0.3 is 0 Å². The molecule has 0 aliphatic rings. The second-order valence-corrected chi connectivity index (χ2v) is 6.20. The van der Waals surface area contributed by atoms with Crippen molar-refractivity contribution in [2.24, 2.45) is 0 Å². The van der Waals surface area contributed by atoms with Crippen molar-refractivity contribution in [3.05, 3.63) is 63.1 Å². The molecule has 0 aliphatic carbocycles. The van der Waals surface area contributed by atoms with Crippen molar-refractivity contribution >= 4 is 33.2 Å². The summed E-state index contributed by atoms with van der Waals surface area (Å²) < 4.78 is 1.07. The number of anilines is 1. The molecule has 1 atom stereocenters. The Balaban J connectivity index is 2.19. The number of aliphatic hydroxyl groups is 1. The number of halogens is 2. The van der Waals surface area contributed by atoms with Gasteiger partial charge in [0.2, 0.25) is 0 Å². The number of rotatable bonds is 4. The molecule has 2 rings (SSSR count). The van der Waals surface area contributed by atoms with E-state index in [4.69, 9.17) is 11.6 Å². The van der Waals surface area contributed by atoms with Gasteiger partial charge in [-0.05, 0) is 42.3 Å². The van der Waals surface area contributed by atoms with Crippen LogP contribution >= 0.6 is 27.5 Å². The maximum absolute atomic E-state index is 9.57. The first kappa shape index (κ1) is 15.4. The number of hydrogen-bond donors (Lipinski definition) is 1. The highest BCUT2D eigenvalue weighted by atomic mass is 79.9. The molecule has 4 heteroatoms. The Bertz CT molecular complexity index is 601. The third-order valence-corrected chi connectivity index (χ3v) is 3.97. The molecule has 20 heavy (non-hydrogen) atoms. The molecule has 0 bridgehead atoms. The molecule has 1 N–H and O–H groups in total. The molecule has 2 nitrogen and oxygen atoms in total. The largest absolute Gasteiger partial charge is 0.389 e. The Labute approximate surface area is 133 Å². The molecule has 0 heterocycles. The zero-order valence-corrected chi connectivity index (χ0v) is 13.8. The first-order valence-electron chi connectivity index (χ1n) is 6.40. The van der Waals surface area contributed by atoms with Gasteiger partial charge in [0.05, 0.1) is 16.8 Å². The van der Waals surface area contributed by atoms with Gasteiger partial charge in [0, 0.05) is 18.1 Å². The zero-order chi connectivity index (χ0) is 14.7. The zero-order valence-electron chi connectivity index (χ0n) is 11.5. The molecule has 2 aromatic rings. The SMILES string of the molecule is C[C@@H](O)c1ccc(N(C)Cc2cccc(Br)c2)c(Cl)c1. The van der Waals surface area contributed by atoms with Crippen molar-refractivity contribution in [3.63, 3.8) is 0 Å². The van der Waals surface area contributed by atoms with Crippen molar-refractivity contribution in [1.29, 1.82) is 0 Å². The lowest BCUT2D eigenvalue weighted by molar-refractivity contribution is 0.199. The average molecular weight is 355 g/mol. The first-order chi connectivity index (χ1) is 9.47. The van der Waals surface area contributed by atoms with E-state index in [0.717, 1.165) is 22.3 Å². The van der Waals surface area contributed by atoms with Gasteiger partial charge in [-0.3, -0.25) is 0 Å². The molecule has 0 amide bonds. The quantitative estimate of drug-likeness (QED) is 0.853. The van der Waals surface area contributed by atoms with Crippen LogP contribution in [0.5, 0.6) is 0 Å². The van der Waals surface area contributed by atoms with Gasteiger partial charge in [-0.15, -0.1) is 0 Å². The fraction of sp³-hybridized carbons (Fsp3) is 0.250. The van der Waals surface area contributed by atoms with Crippen LogP contribution in [0.25, 0.3) is 0 Å². The van der Waals surface area contributed by atoms with E-state index in [2.05, 4.69) is 33.0 Å². The fourth-order valence-electron chi connectivity index (χ4n) is 2.09. The molecule has 2 aromatic carbocycles. The van der Waals surface area contributed by atoms with E-state index in [9.17, 15) is 5.11 Å². The number of benzene rings is 2. The minimum atomic E-state index is -0.503. The Hall–Kier alpha value is -1.03. The summed E-state index contributed by atoms with van der Waals surface area (Å²) in [4.78, 5) is 2.09. The molecule has 0 radical (unpaired) electrons. The van der Waals surface area contributed by atoms with Crippen molar-refractivity contribution in [2.75, 3.05) is 11.9 Å². The standard InChI is InChI=1S/C16H17BrClNO/c1-11(20)13-6-7-16(15(18)9-13)19(2)10-12-4-3-5-14(17)8-12/h3-9,11,20H,10H2,1-2H3/t11-/m1/s1. The minimum Gasteiger partial charge on any atom is -0.389 e. The summed E-state index contributed by atoms with van der Waals surface area (Å²) >= 11 is 9.78. The summed E-state index contributed by atoms with van der Waals surface area (Å²) in [5.74, 6) is 0. The van der Waals surface area contributed by atoms with E-state index in [-0.39, 0.29) is 0 Å². The summed E-state index contributed by atoms with van der Waals surface area (Å²) in [5, 5.41) is 10.2. The van der Waals surface area contributed by atoms with Gasteiger partial charge in [-0.1, -0.05) is 45.7 Å². The third kappa shape index (κ3) is 3.75. The molecular weight excluding hydrogens is 338 g/mol. The summed E-state index contributed by atoms with van der Waals surface area (Å²) in [6, 6.07) is 13.9. The molecule has 0 saturated carbocycles. The van der Waals surface area contributed by atoms with Crippen LogP contribution in [0.2, 0.25) is 5.02 Å². The molecule has 0 aromatic heterocycles. The van der Waals surface area contributed by atoms with Crippen LogP contribution in [0.1, 0.15) is 24.2 Å². The monoisotopic (exact) mass is 353 g/mol. The summed E-state index contributed by atoms with van der Waals surface area (Å²) in [7, 11) is 2.00. The van der Waals surface area contributed by atoms with Gasteiger partial charge < -0.3 is 10.0 Å². The number of aliphatic hydroxyl groups excluding tert-OH is 1. The van der Waals surface area contributed by atoms with Crippen LogP contribution in [-0.4, -0.2) is 12.2 Å². The fourth-order valence-corrected chi connectivity index (χ4v) is 2.87. The molecule has 106 valence electrons. The highest BCUT2D eigenvalue weighted by Gasteiger charge is 2.10. The molecule has 0 spiro atoms. The number of nitrogens with zero attached hydrogens (tertiary/aromatic N) is 1. The predicted molar refractivity (Wildman–Crippen MR) is 88.3 cm³/mol. The van der Waals surface area contributed by atoms with Crippen molar-refractivity contribution < 1.29 is 5.11 Å². The van der Waals surface area contributed by atoms with Crippen molar-refractivity contribution in [1.82, 2.24) is 0 Å². The summed E-state index contributed by atoms with van der Waals surface area (Å²) in [5.41, 5.74) is 2.99. The number of hydrogen-bond acceptors (Lipinski definition) is 2. The third-order valence-electron chi connectivity index (χ3n) is 3.17. The van der Waals surface area contributed by atoms with Gasteiger partial charge in [-0.2, -0.15) is 0 Å². The highest BCUT2D eigenvalue weighted by molar-refractivity contribution is 9.10. The van der Waals surface area contributed by atoms with E-state index < -0.39 is 6.10 Å². The molecule has 0 unspecified atom stereocenters. The van der Waals surface area contributed by atoms with E-state index in [1.165, 1.54) is 5.56 Å². The molecular formula is C16H17BrClNO. The van der Waals surface area contributed by atoms with Crippen LogP contribution in [0.4, 0.5) is 5.69 Å². The van der Waals surface area contributed by atoms with Crippen LogP contribution in [0.3, 0.4) is 0 Å². The van der Waals surface area contributed by atoms with Crippen molar-refractivity contribution in [2.45, 2.75) is 19.6 Å². The van der Waals surface area contributed by atoms with E-state index in [0.29, 0.717) is 5.02 Å². The van der Waals surface area contributed by atoms with Crippen molar-refractivity contribution in [3.8, 4) is 0 Å². The topological polar surface area (TPSA) is 23.5 Å². The van der Waals surface area contributed by atoms with E-state index >= 15 is 0 Å². The Morgan fingerprint density at radius 3 is 2.60 bits per heavy atom. The van der Waals surface area contributed by atoms with Crippen LogP contribution in [-0.2, 0) is 6.54 Å². The Kier molecular flexibility index (Phi) is 5.08. The second-order valence-electron chi connectivity index (χ2n) is 4.87. The Morgan fingerprint density at radius 1 is 1.25 bits per heavy atom. The van der Waals surface area contributed by atoms with Crippen LogP contribution in [0, 0.1) is 0 Å². The second kappa shape index (κ2) is 6.61. The summed E-state index contributed by atoms with van der Waals surface area (Å²) in [6.07, 6.45) is -0.503. The van der Waals surface area contributed by atoms with Crippen LogP contribution in [0.15, 0.2) is 46.9 Å². The lowest BCUT2D eigenvalue weighted by Crippen LogP contribution is -2.16. The highest BCUT2D eigenvalue weighted by Crippen LogP contribution is 2.29. The van der Waals surface area contributed by atoms with Crippen LogP contribution < -0.4 is 4.90 Å². The molecule has 0 aliphatic heterocycles. The van der Waals surface area contributed by atoms with Gasteiger partial charge in [0.25, 0.3) is 0 Å². The predicted octanol–water partition coefficient (Wildman–Crippen LogP) is 4.79. The van der Waals surface area contributed by atoms with Gasteiger partial charge in [0.15, 0.2) is 0 Å². The smallest absolute Gasteiger partial charge is 0.0762 e. The average Bonchev–Trinajstić information content (AvgIpc) is 2.38. The lowest BCUT2D eigenvalue weighted by Gasteiger charge is -2.21. The molecule has 0 saturated heterocycles. The lowest BCUT2D eigenvalue weighted by atomic mass is 10.1. The van der Waals surface area contributed by atoms with Gasteiger partial charge in [0.1, 0.15) is 0 Å². The minimum absolute atomic E-state index is 0.503. The van der Waals surface area contributed by atoms with E-state index in [1.807, 2.05) is 37.4 Å². The maximum atomic E-state index is 9.57. The summed E-state index contributed by atoms with van der Waals surface area (Å²) in [6.45, 7) is 2.50. The van der Waals surface area contributed by atoms with Gasteiger partial charge in [-0.25, -0.2) is 0 Å². The maximum Gasteiger partial charge on any atom is 0.0762 e.